The molecule has 0 aromatic heterocycles. The smallest absolute Gasteiger partial charge is 0.126 e. The summed E-state index contributed by atoms with van der Waals surface area (Å²) in [5, 5.41) is 10.6. The number of aliphatic hydroxyl groups excluding tert-OH is 1. The van der Waals surface area contributed by atoms with Crippen molar-refractivity contribution < 1.29 is 14.6 Å². The van der Waals surface area contributed by atoms with Gasteiger partial charge in [0.2, 0.25) is 0 Å². The van der Waals surface area contributed by atoms with Crippen molar-refractivity contribution in [3.05, 3.63) is 56.5 Å². The van der Waals surface area contributed by atoms with E-state index >= 15 is 0 Å². The van der Waals surface area contributed by atoms with Crippen LogP contribution in [0.25, 0.3) is 0 Å². The maximum absolute atomic E-state index is 10.6. The third-order valence-electron chi connectivity index (χ3n) is 3.07. The van der Waals surface area contributed by atoms with Crippen LogP contribution in [0.2, 0.25) is 0 Å². The molecule has 0 aliphatic rings. The second kappa shape index (κ2) is 7.29. The van der Waals surface area contributed by atoms with E-state index < -0.39 is 6.10 Å². The van der Waals surface area contributed by atoms with Crippen LogP contribution < -0.4 is 9.47 Å². The highest BCUT2D eigenvalue weighted by Crippen LogP contribution is 2.36. The SMILES string of the molecule is CCOc1ccc(C(O)c2ccc(Br)cc2OC)c(Br)c1. The number of aliphatic hydroxyl groups is 1. The van der Waals surface area contributed by atoms with E-state index in [0.717, 1.165) is 20.3 Å². The van der Waals surface area contributed by atoms with Crippen molar-refractivity contribution in [2.45, 2.75) is 13.0 Å². The molecule has 0 fully saturated rings. The van der Waals surface area contributed by atoms with Crippen LogP contribution in [0.4, 0.5) is 0 Å². The Balaban J connectivity index is 2.38. The maximum atomic E-state index is 10.6. The van der Waals surface area contributed by atoms with Gasteiger partial charge in [-0.3, -0.25) is 0 Å². The number of benzene rings is 2. The zero-order valence-corrected chi connectivity index (χ0v) is 14.9. The monoisotopic (exact) mass is 414 g/mol. The second-order valence-corrected chi connectivity index (χ2v) is 6.18. The first-order valence-electron chi connectivity index (χ1n) is 6.50. The van der Waals surface area contributed by atoms with Gasteiger partial charge >= 0.3 is 0 Å². The highest BCUT2D eigenvalue weighted by molar-refractivity contribution is 9.10. The lowest BCUT2D eigenvalue weighted by molar-refractivity contribution is 0.213. The summed E-state index contributed by atoms with van der Waals surface area (Å²) in [5.74, 6) is 1.40. The molecule has 3 nitrogen and oxygen atoms in total. The number of rotatable bonds is 5. The lowest BCUT2D eigenvalue weighted by atomic mass is 10.0. The topological polar surface area (TPSA) is 38.7 Å². The number of hydrogen-bond donors (Lipinski definition) is 1. The van der Waals surface area contributed by atoms with Gasteiger partial charge in [-0.15, -0.1) is 0 Å². The van der Waals surface area contributed by atoms with Crippen molar-refractivity contribution in [2.24, 2.45) is 0 Å². The van der Waals surface area contributed by atoms with Crippen molar-refractivity contribution in [3.63, 3.8) is 0 Å². The number of halogens is 2. The van der Waals surface area contributed by atoms with Gasteiger partial charge in [-0.1, -0.05) is 44.0 Å². The van der Waals surface area contributed by atoms with Crippen molar-refractivity contribution in [2.75, 3.05) is 13.7 Å². The van der Waals surface area contributed by atoms with Crippen molar-refractivity contribution in [1.82, 2.24) is 0 Å². The Hall–Kier alpha value is -1.04. The van der Waals surface area contributed by atoms with E-state index in [4.69, 9.17) is 9.47 Å². The Morgan fingerprint density at radius 1 is 1.10 bits per heavy atom. The zero-order valence-electron chi connectivity index (χ0n) is 11.8. The van der Waals surface area contributed by atoms with Gasteiger partial charge in [0.05, 0.1) is 13.7 Å². The van der Waals surface area contributed by atoms with Gasteiger partial charge < -0.3 is 14.6 Å². The average molecular weight is 416 g/mol. The zero-order chi connectivity index (χ0) is 15.4. The molecule has 21 heavy (non-hydrogen) atoms. The first-order chi connectivity index (χ1) is 10.1. The minimum Gasteiger partial charge on any atom is -0.496 e. The number of ether oxygens (including phenoxy) is 2. The van der Waals surface area contributed by atoms with Crippen molar-refractivity contribution >= 4 is 31.9 Å². The van der Waals surface area contributed by atoms with Crippen LogP contribution in [0.3, 0.4) is 0 Å². The molecular weight excluding hydrogens is 400 g/mol. The molecule has 0 radical (unpaired) electrons. The van der Waals surface area contributed by atoms with Gasteiger partial charge in [0.1, 0.15) is 17.6 Å². The fourth-order valence-electron chi connectivity index (χ4n) is 2.06. The Bertz CT molecular complexity index is 629. The fraction of sp³-hybridized carbons (Fsp3) is 0.250. The van der Waals surface area contributed by atoms with Gasteiger partial charge in [0.15, 0.2) is 0 Å². The third kappa shape index (κ3) is 3.78. The summed E-state index contributed by atoms with van der Waals surface area (Å²) in [6.07, 6.45) is -0.780. The van der Waals surface area contributed by atoms with Gasteiger partial charge in [-0.05, 0) is 36.8 Å². The minimum atomic E-state index is -0.780. The van der Waals surface area contributed by atoms with Crippen LogP contribution in [0, 0.1) is 0 Å². The lowest BCUT2D eigenvalue weighted by Gasteiger charge is -2.17. The summed E-state index contributed by atoms with van der Waals surface area (Å²) in [6.45, 7) is 2.54. The molecule has 0 aliphatic carbocycles. The van der Waals surface area contributed by atoms with Crippen molar-refractivity contribution in [3.8, 4) is 11.5 Å². The van der Waals surface area contributed by atoms with E-state index in [9.17, 15) is 5.11 Å². The lowest BCUT2D eigenvalue weighted by Crippen LogP contribution is -2.04. The molecule has 0 saturated carbocycles. The van der Waals surface area contributed by atoms with Crippen LogP contribution in [0.5, 0.6) is 11.5 Å². The van der Waals surface area contributed by atoms with E-state index in [-0.39, 0.29) is 0 Å². The largest absolute Gasteiger partial charge is 0.496 e. The number of methoxy groups -OCH3 is 1. The quantitative estimate of drug-likeness (QED) is 0.768. The molecule has 2 rings (SSSR count). The molecule has 0 heterocycles. The van der Waals surface area contributed by atoms with Crippen molar-refractivity contribution in [1.29, 1.82) is 0 Å². The van der Waals surface area contributed by atoms with Crippen LogP contribution in [0.1, 0.15) is 24.2 Å². The third-order valence-corrected chi connectivity index (χ3v) is 4.25. The van der Waals surface area contributed by atoms with Gasteiger partial charge in [0.25, 0.3) is 0 Å². The molecule has 1 N–H and O–H groups in total. The van der Waals surface area contributed by atoms with E-state index in [1.54, 1.807) is 7.11 Å². The standard InChI is InChI=1S/C16H16Br2O3/c1-3-21-11-5-7-12(14(18)9-11)16(19)13-6-4-10(17)8-15(13)20-2/h4-9,16,19H,3H2,1-2H3. The van der Waals surface area contributed by atoms with Crippen LogP contribution in [0.15, 0.2) is 45.3 Å². The van der Waals surface area contributed by atoms with E-state index in [2.05, 4.69) is 31.9 Å². The molecule has 1 atom stereocenters. The Kier molecular flexibility index (Phi) is 5.67. The summed E-state index contributed by atoms with van der Waals surface area (Å²) in [4.78, 5) is 0. The summed E-state index contributed by atoms with van der Waals surface area (Å²) >= 11 is 6.88. The predicted molar refractivity (Wildman–Crippen MR) is 90.1 cm³/mol. The first-order valence-corrected chi connectivity index (χ1v) is 8.09. The Morgan fingerprint density at radius 3 is 2.43 bits per heavy atom. The summed E-state index contributed by atoms with van der Waals surface area (Å²) in [6, 6.07) is 11.1. The number of hydrogen-bond acceptors (Lipinski definition) is 3. The van der Waals surface area contributed by atoms with E-state index in [0.29, 0.717) is 17.9 Å². The molecular formula is C16H16Br2O3. The molecule has 2 aromatic carbocycles. The molecule has 5 heteroatoms. The summed E-state index contributed by atoms with van der Waals surface area (Å²) in [7, 11) is 1.59. The van der Waals surface area contributed by atoms with Crippen LogP contribution in [-0.2, 0) is 0 Å². The first kappa shape index (κ1) is 16.3. The molecule has 0 aliphatic heterocycles. The Morgan fingerprint density at radius 2 is 1.81 bits per heavy atom. The van der Waals surface area contributed by atoms with Crippen LogP contribution in [-0.4, -0.2) is 18.8 Å². The molecule has 112 valence electrons. The molecule has 0 bridgehead atoms. The molecule has 2 aromatic rings. The van der Waals surface area contributed by atoms with Gasteiger partial charge in [-0.2, -0.15) is 0 Å². The molecule has 1 unspecified atom stereocenters. The normalized spacial score (nSPS) is 12.0. The summed E-state index contributed by atoms with van der Waals surface area (Å²) in [5.41, 5.74) is 1.48. The minimum absolute atomic E-state index is 0.606. The summed E-state index contributed by atoms with van der Waals surface area (Å²) < 4.78 is 12.5. The van der Waals surface area contributed by atoms with E-state index in [1.165, 1.54) is 0 Å². The highest BCUT2D eigenvalue weighted by Gasteiger charge is 2.18. The molecule has 0 spiro atoms. The predicted octanol–water partition coefficient (Wildman–Crippen LogP) is 4.70. The maximum Gasteiger partial charge on any atom is 0.126 e. The fourth-order valence-corrected chi connectivity index (χ4v) is 2.98. The molecule has 0 amide bonds. The second-order valence-electron chi connectivity index (χ2n) is 4.41. The van der Waals surface area contributed by atoms with E-state index in [1.807, 2.05) is 43.3 Å². The average Bonchev–Trinajstić information content (AvgIpc) is 2.47. The van der Waals surface area contributed by atoms with Gasteiger partial charge in [-0.25, -0.2) is 0 Å². The molecule has 0 saturated heterocycles. The van der Waals surface area contributed by atoms with Gasteiger partial charge in [0, 0.05) is 14.5 Å². The van der Waals surface area contributed by atoms with Crippen LogP contribution >= 0.6 is 31.9 Å². The Labute approximate surface area is 141 Å². The highest BCUT2D eigenvalue weighted by atomic mass is 79.9.